The molecule has 8 heteroatoms. The zero-order valence-corrected chi connectivity index (χ0v) is 12.3. The standard InChI is InChI=1S/C6H13N2O2S.2ClH.Pt/c1-10-6(9)5(8)4-11-3-2-7;;;/h5,8H,2-4,7H2,1H3;2*1H;/q-1;;;+2/p-1. The Kier molecular flexibility index (Phi) is 17.4. The molecular formula is C6H14Cl2N2O2PtS. The summed E-state index contributed by atoms with van der Waals surface area (Å²) in [7, 11) is 11.0. The van der Waals surface area contributed by atoms with Gasteiger partial charge < -0.3 is 16.2 Å². The Hall–Kier alpha value is 1.01. The van der Waals surface area contributed by atoms with E-state index in [4.69, 9.17) is 30.3 Å². The molecule has 3 N–H and O–H groups in total. The van der Waals surface area contributed by atoms with Crippen molar-refractivity contribution in [3.8, 4) is 0 Å². The second-order valence-corrected chi connectivity index (χ2v) is 6.58. The number of esters is 1. The first kappa shape index (κ1) is 17.4. The van der Waals surface area contributed by atoms with Crippen molar-refractivity contribution in [1.29, 1.82) is 0 Å². The molecule has 0 aliphatic carbocycles. The molecule has 90 valence electrons. The Morgan fingerprint density at radius 1 is 1.71 bits per heavy atom. The van der Waals surface area contributed by atoms with Gasteiger partial charge in [-0.05, 0) is 11.8 Å². The van der Waals surface area contributed by atoms with Crippen LogP contribution in [0.1, 0.15) is 0 Å². The Morgan fingerprint density at radius 2 is 2.21 bits per heavy atom. The number of thiol groups is 1. The van der Waals surface area contributed by atoms with Gasteiger partial charge in [-0.15, -0.1) is 0 Å². The molecule has 0 aromatic heterocycles. The van der Waals surface area contributed by atoms with Crippen molar-refractivity contribution >= 4 is 36.6 Å². The number of rotatable bonds is 5. The van der Waals surface area contributed by atoms with E-state index in [-0.39, 0.29) is 0 Å². The molecule has 0 radical (unpaired) electrons. The van der Waals surface area contributed by atoms with E-state index in [0.29, 0.717) is 12.3 Å². The fraction of sp³-hybridized carbons (Fsp3) is 0.833. The van der Waals surface area contributed by atoms with Gasteiger partial charge in [0.25, 0.3) is 5.97 Å². The van der Waals surface area contributed by atoms with Gasteiger partial charge in [-0.25, -0.2) is 0 Å². The second kappa shape index (κ2) is 14.0. The van der Waals surface area contributed by atoms with Crippen LogP contribution in [0.3, 0.4) is 0 Å². The summed E-state index contributed by atoms with van der Waals surface area (Å²) in [6.45, 7) is 0.607. The molecule has 0 fully saturated rings. The van der Waals surface area contributed by atoms with Crippen LogP contribution in [0, 0.1) is 0 Å². The van der Waals surface area contributed by atoms with Crippen LogP contribution in [-0.4, -0.2) is 37.2 Å². The van der Waals surface area contributed by atoms with Gasteiger partial charge in [0, 0.05) is 12.6 Å². The van der Waals surface area contributed by atoms with E-state index in [2.05, 4.69) is 4.74 Å². The van der Waals surface area contributed by atoms with E-state index in [1.165, 1.54) is 7.11 Å². The molecular weight excluding hydrogens is 430 g/mol. The van der Waals surface area contributed by atoms with Crippen molar-refractivity contribution in [2.45, 2.75) is 6.04 Å². The van der Waals surface area contributed by atoms with Crippen LogP contribution in [0.25, 0.3) is 5.73 Å². The van der Waals surface area contributed by atoms with E-state index >= 15 is 0 Å². The van der Waals surface area contributed by atoms with Crippen LogP contribution in [0.15, 0.2) is 0 Å². The van der Waals surface area contributed by atoms with Gasteiger partial charge in [-0.1, -0.05) is 0 Å². The number of carbonyl (C=O) groups is 1. The van der Waals surface area contributed by atoms with Crippen LogP contribution in [0.5, 0.6) is 0 Å². The normalized spacial score (nSPS) is 11.5. The molecule has 0 aliphatic rings. The minimum atomic E-state index is -0.742. The first-order chi connectivity index (χ1) is 6.63. The van der Waals surface area contributed by atoms with Crippen molar-refractivity contribution in [1.82, 2.24) is 0 Å². The quantitative estimate of drug-likeness (QED) is 0.294. The number of ether oxygens (including phenoxy) is 1. The van der Waals surface area contributed by atoms with Crippen LogP contribution < -0.4 is 5.73 Å². The van der Waals surface area contributed by atoms with E-state index in [9.17, 15) is 4.79 Å². The molecule has 0 amide bonds. The van der Waals surface area contributed by atoms with Gasteiger partial charge in [0.05, 0.1) is 12.9 Å². The summed E-state index contributed by atoms with van der Waals surface area (Å²) in [5, 5.41) is 0. The third kappa shape index (κ3) is 13.0. The van der Waals surface area contributed by atoms with Crippen LogP contribution >= 0.6 is 18.8 Å². The van der Waals surface area contributed by atoms with E-state index < -0.39 is 28.5 Å². The van der Waals surface area contributed by atoms with E-state index in [1.54, 1.807) is 0 Å². The Morgan fingerprint density at radius 3 is 2.57 bits per heavy atom. The molecule has 0 rings (SSSR count). The number of hydrogen-bond donors (Lipinski definition) is 1. The zero-order valence-electron chi connectivity index (χ0n) is 7.61. The third-order valence-corrected chi connectivity index (χ3v) is 2.28. The fourth-order valence-electron chi connectivity index (χ4n) is 0.528. The van der Waals surface area contributed by atoms with Gasteiger partial charge in [0.2, 0.25) is 0 Å². The summed E-state index contributed by atoms with van der Waals surface area (Å²) in [6.07, 6.45) is 0. The Labute approximate surface area is 105 Å². The fourth-order valence-corrected chi connectivity index (χ4v) is 1.30. The van der Waals surface area contributed by atoms with Gasteiger partial charge in [0.1, 0.15) is 5.75 Å². The summed E-state index contributed by atoms with van der Waals surface area (Å²) in [5.41, 5.74) is 12.5. The molecule has 0 heterocycles. The summed E-state index contributed by atoms with van der Waals surface area (Å²) < 4.78 is 4.38. The zero-order chi connectivity index (χ0) is 11.4. The second-order valence-electron chi connectivity index (χ2n) is 2.04. The molecule has 0 bridgehead atoms. The monoisotopic (exact) mass is 443 g/mol. The summed E-state index contributed by atoms with van der Waals surface area (Å²) >= 11 is 0.571. The van der Waals surface area contributed by atoms with Crippen LogP contribution in [0.4, 0.5) is 0 Å². The average Bonchev–Trinajstić information content (AvgIpc) is 2.18. The maximum absolute atomic E-state index is 10.7. The maximum atomic E-state index is 10.7. The van der Waals surface area contributed by atoms with Gasteiger partial charge in [0.15, 0.2) is 0 Å². The summed E-state index contributed by atoms with van der Waals surface area (Å²) in [5.74, 6) is 0.894. The van der Waals surface area contributed by atoms with Crippen molar-refractivity contribution in [3.63, 3.8) is 0 Å². The van der Waals surface area contributed by atoms with Gasteiger partial charge >= 0.3 is 35.3 Å². The molecule has 0 spiro atoms. The van der Waals surface area contributed by atoms with Gasteiger partial charge in [-0.3, -0.25) is 4.79 Å². The molecule has 0 aliphatic heterocycles. The van der Waals surface area contributed by atoms with Crippen molar-refractivity contribution in [2.75, 3.05) is 25.2 Å². The third-order valence-electron chi connectivity index (χ3n) is 1.08. The first-order valence-electron chi connectivity index (χ1n) is 3.58. The molecule has 14 heavy (non-hydrogen) atoms. The topological polar surface area (TPSA) is 76.1 Å². The molecule has 0 saturated carbocycles. The number of nitrogens with one attached hydrogen (secondary N) is 1. The number of nitrogens with two attached hydrogens (primary N) is 1. The summed E-state index contributed by atoms with van der Waals surface area (Å²) in [4.78, 5) is 10.7. The molecule has 0 aromatic carbocycles. The van der Waals surface area contributed by atoms with Crippen molar-refractivity contribution < 1.29 is 26.0 Å². The number of halogens is 2. The predicted octanol–water partition coefficient (Wildman–Crippen LogP) is 0.730. The molecule has 4 nitrogen and oxygen atoms in total. The Bertz CT molecular complexity index is 145. The molecule has 1 unspecified atom stereocenters. The Balaban J connectivity index is 0. The van der Waals surface area contributed by atoms with E-state index in [0.717, 1.165) is 17.5 Å². The number of methoxy groups -OCH3 is 1. The molecule has 1 atom stereocenters. The van der Waals surface area contributed by atoms with Crippen molar-refractivity contribution in [2.24, 2.45) is 5.73 Å². The van der Waals surface area contributed by atoms with Crippen LogP contribution in [-0.2, 0) is 37.8 Å². The minimum absolute atomic E-state index is 0.463. The van der Waals surface area contributed by atoms with E-state index in [1.807, 2.05) is 0 Å². The first-order valence-corrected chi connectivity index (χ1v) is 10.5. The van der Waals surface area contributed by atoms with Crippen molar-refractivity contribution in [3.05, 3.63) is 5.73 Å². The number of hydrogen-bond acceptors (Lipinski definition) is 3. The van der Waals surface area contributed by atoms with Gasteiger partial charge in [-0.2, -0.15) is 0 Å². The van der Waals surface area contributed by atoms with Crippen LogP contribution in [0.2, 0.25) is 0 Å². The predicted molar refractivity (Wildman–Crippen MR) is 59.4 cm³/mol. The molecule has 0 aromatic rings. The number of carbonyl (C=O) groups excluding carboxylic acids is 1. The molecule has 0 saturated heterocycles. The SMILES string of the molecule is COC(=O)C([NH-])C[SH+]CCN.[Cl][Pt][Cl]. The average molecular weight is 444 g/mol. The summed E-state index contributed by atoms with van der Waals surface area (Å²) in [6, 6.07) is -0.742.